The van der Waals surface area contributed by atoms with Gasteiger partial charge in [0.2, 0.25) is 5.91 Å². The van der Waals surface area contributed by atoms with Crippen LogP contribution in [0.3, 0.4) is 0 Å². The number of hydrogen-bond acceptors (Lipinski definition) is 3. The Bertz CT molecular complexity index is 719. The maximum absolute atomic E-state index is 12.5. The fraction of sp³-hybridized carbons (Fsp3) is 0.350. The molecule has 1 fully saturated rings. The summed E-state index contributed by atoms with van der Waals surface area (Å²) >= 11 is 6.18. The molecule has 2 aromatic carbocycles. The highest BCUT2D eigenvalue weighted by atomic mass is 35.5. The van der Waals surface area contributed by atoms with E-state index in [1.807, 2.05) is 48.5 Å². The number of amides is 1. The van der Waals surface area contributed by atoms with Crippen molar-refractivity contribution in [2.24, 2.45) is 5.73 Å². The number of carbonyl (C=O) groups is 1. The van der Waals surface area contributed by atoms with Crippen LogP contribution in [0.4, 0.5) is 0 Å². The number of nitrogens with two attached hydrogens (primary N) is 1. The third-order valence-corrected chi connectivity index (χ3v) is 5.16. The van der Waals surface area contributed by atoms with Gasteiger partial charge in [-0.15, -0.1) is 12.4 Å². The summed E-state index contributed by atoms with van der Waals surface area (Å²) < 4.78 is 5.53. The van der Waals surface area contributed by atoms with Crippen molar-refractivity contribution in [2.75, 3.05) is 19.8 Å². The Kier molecular flexibility index (Phi) is 7.47. The van der Waals surface area contributed by atoms with Gasteiger partial charge in [-0.3, -0.25) is 4.79 Å². The molecule has 0 radical (unpaired) electrons. The molecule has 1 heterocycles. The normalized spacial score (nSPS) is 17.0. The van der Waals surface area contributed by atoms with Crippen LogP contribution < -0.4 is 11.1 Å². The summed E-state index contributed by atoms with van der Waals surface area (Å²) in [5.74, 6) is -0.168. The molecule has 0 saturated carbocycles. The minimum Gasteiger partial charge on any atom is -0.381 e. The lowest BCUT2D eigenvalue weighted by atomic mass is 9.74. The van der Waals surface area contributed by atoms with E-state index < -0.39 is 6.04 Å². The highest BCUT2D eigenvalue weighted by Gasteiger charge is 2.35. The Labute approximate surface area is 165 Å². The van der Waals surface area contributed by atoms with E-state index >= 15 is 0 Å². The first kappa shape index (κ1) is 20.7. The lowest BCUT2D eigenvalue weighted by Crippen LogP contribution is -2.46. The van der Waals surface area contributed by atoms with Crippen LogP contribution in [0.15, 0.2) is 54.6 Å². The first-order valence-electron chi connectivity index (χ1n) is 8.53. The molecule has 4 nitrogen and oxygen atoms in total. The molecular formula is C20H24Cl2N2O2. The summed E-state index contributed by atoms with van der Waals surface area (Å²) in [6.07, 6.45) is 1.68. The van der Waals surface area contributed by atoms with Gasteiger partial charge in [-0.25, -0.2) is 0 Å². The number of ether oxygens (including phenoxy) is 1. The molecule has 1 aliphatic rings. The topological polar surface area (TPSA) is 64.4 Å². The zero-order valence-electron chi connectivity index (χ0n) is 14.5. The van der Waals surface area contributed by atoms with Gasteiger partial charge in [-0.1, -0.05) is 54.1 Å². The van der Waals surface area contributed by atoms with Crippen molar-refractivity contribution in [1.82, 2.24) is 5.32 Å². The maximum atomic E-state index is 12.5. The van der Waals surface area contributed by atoms with Crippen LogP contribution in [0.2, 0.25) is 5.02 Å². The van der Waals surface area contributed by atoms with Crippen LogP contribution in [0.5, 0.6) is 0 Å². The molecule has 0 aromatic heterocycles. The van der Waals surface area contributed by atoms with Crippen molar-refractivity contribution in [3.63, 3.8) is 0 Å². The zero-order chi connectivity index (χ0) is 17.7. The van der Waals surface area contributed by atoms with Crippen molar-refractivity contribution >= 4 is 29.9 Å². The minimum absolute atomic E-state index is 0. The molecule has 1 saturated heterocycles. The van der Waals surface area contributed by atoms with Crippen LogP contribution in [0.25, 0.3) is 0 Å². The second-order valence-corrected chi connectivity index (χ2v) is 6.95. The Balaban J connectivity index is 0.00000243. The summed E-state index contributed by atoms with van der Waals surface area (Å²) in [4.78, 5) is 12.5. The molecule has 140 valence electrons. The summed E-state index contributed by atoms with van der Waals surface area (Å²) in [7, 11) is 0. The van der Waals surface area contributed by atoms with Gasteiger partial charge >= 0.3 is 0 Å². The van der Waals surface area contributed by atoms with Crippen LogP contribution in [0.1, 0.15) is 30.0 Å². The molecule has 1 atom stereocenters. The van der Waals surface area contributed by atoms with Crippen molar-refractivity contribution in [1.29, 1.82) is 0 Å². The van der Waals surface area contributed by atoms with Crippen LogP contribution in [0, 0.1) is 0 Å². The monoisotopic (exact) mass is 394 g/mol. The average Bonchev–Trinajstić information content (AvgIpc) is 2.67. The number of nitrogens with one attached hydrogen (secondary N) is 1. The van der Waals surface area contributed by atoms with Crippen LogP contribution >= 0.6 is 24.0 Å². The molecule has 0 spiro atoms. The van der Waals surface area contributed by atoms with Gasteiger partial charge in [0.25, 0.3) is 0 Å². The molecule has 3 rings (SSSR count). The standard InChI is InChI=1S/C20H23ClN2O2.ClH/c21-17-8-4-7-16(13-17)20(9-11-25-12-10-20)14-23-19(24)18(22)15-5-2-1-3-6-15;/h1-8,13,18H,9-12,14,22H2,(H,23,24);1H. The highest BCUT2D eigenvalue weighted by Crippen LogP contribution is 2.35. The summed E-state index contributed by atoms with van der Waals surface area (Å²) in [6.45, 7) is 1.87. The minimum atomic E-state index is -0.669. The first-order chi connectivity index (χ1) is 12.1. The highest BCUT2D eigenvalue weighted by molar-refractivity contribution is 6.30. The lowest BCUT2D eigenvalue weighted by Gasteiger charge is -2.38. The molecule has 1 amide bonds. The molecule has 6 heteroatoms. The van der Waals surface area contributed by atoms with Crippen molar-refractivity contribution in [3.05, 3.63) is 70.7 Å². The lowest BCUT2D eigenvalue weighted by molar-refractivity contribution is -0.123. The number of hydrogen-bond donors (Lipinski definition) is 2. The predicted octanol–water partition coefficient (Wildman–Crippen LogP) is 3.63. The van der Waals surface area contributed by atoms with Gasteiger partial charge in [0.1, 0.15) is 6.04 Å². The fourth-order valence-corrected chi connectivity index (χ4v) is 3.52. The Morgan fingerprint density at radius 2 is 1.85 bits per heavy atom. The van der Waals surface area contributed by atoms with Crippen molar-refractivity contribution in [3.8, 4) is 0 Å². The zero-order valence-corrected chi connectivity index (χ0v) is 16.1. The quantitative estimate of drug-likeness (QED) is 0.813. The van der Waals surface area contributed by atoms with E-state index in [2.05, 4.69) is 11.4 Å². The van der Waals surface area contributed by atoms with Crippen LogP contribution in [-0.2, 0) is 14.9 Å². The molecule has 2 aromatic rings. The molecule has 26 heavy (non-hydrogen) atoms. The second kappa shape index (κ2) is 9.38. The fourth-order valence-electron chi connectivity index (χ4n) is 3.33. The Morgan fingerprint density at radius 1 is 1.15 bits per heavy atom. The second-order valence-electron chi connectivity index (χ2n) is 6.51. The molecule has 0 bridgehead atoms. The maximum Gasteiger partial charge on any atom is 0.241 e. The van der Waals surface area contributed by atoms with Gasteiger partial charge in [0.15, 0.2) is 0 Å². The van der Waals surface area contributed by atoms with Gasteiger partial charge in [-0.05, 0) is 36.1 Å². The van der Waals surface area contributed by atoms with E-state index in [9.17, 15) is 4.79 Å². The van der Waals surface area contributed by atoms with E-state index in [1.54, 1.807) is 0 Å². The summed E-state index contributed by atoms with van der Waals surface area (Å²) in [6, 6.07) is 16.6. The van der Waals surface area contributed by atoms with Crippen molar-refractivity contribution < 1.29 is 9.53 Å². The van der Waals surface area contributed by atoms with Crippen LogP contribution in [-0.4, -0.2) is 25.7 Å². The van der Waals surface area contributed by atoms with E-state index in [4.69, 9.17) is 22.1 Å². The van der Waals surface area contributed by atoms with Gasteiger partial charge in [0, 0.05) is 30.2 Å². The predicted molar refractivity (Wildman–Crippen MR) is 107 cm³/mol. The number of benzene rings is 2. The molecule has 1 aliphatic heterocycles. The Hall–Kier alpha value is -1.59. The number of carbonyl (C=O) groups excluding carboxylic acids is 1. The average molecular weight is 395 g/mol. The number of halogens is 2. The van der Waals surface area contributed by atoms with E-state index in [-0.39, 0.29) is 23.7 Å². The van der Waals surface area contributed by atoms with Crippen molar-refractivity contribution in [2.45, 2.75) is 24.3 Å². The largest absolute Gasteiger partial charge is 0.381 e. The SMILES string of the molecule is Cl.NC(C(=O)NCC1(c2cccc(Cl)c2)CCOCC1)c1ccccc1. The van der Waals surface area contributed by atoms with E-state index in [0.717, 1.165) is 24.0 Å². The van der Waals surface area contributed by atoms with Gasteiger partial charge < -0.3 is 15.8 Å². The smallest absolute Gasteiger partial charge is 0.241 e. The molecule has 3 N–H and O–H groups in total. The van der Waals surface area contributed by atoms with Gasteiger partial charge in [0.05, 0.1) is 0 Å². The Morgan fingerprint density at radius 3 is 2.50 bits per heavy atom. The van der Waals surface area contributed by atoms with E-state index in [0.29, 0.717) is 24.8 Å². The molecule has 0 aliphatic carbocycles. The molecule has 1 unspecified atom stereocenters. The summed E-state index contributed by atoms with van der Waals surface area (Å²) in [5.41, 5.74) is 7.88. The number of rotatable bonds is 5. The summed E-state index contributed by atoms with van der Waals surface area (Å²) in [5, 5.41) is 3.75. The molecular weight excluding hydrogens is 371 g/mol. The third-order valence-electron chi connectivity index (χ3n) is 4.93. The first-order valence-corrected chi connectivity index (χ1v) is 8.91. The van der Waals surface area contributed by atoms with E-state index in [1.165, 1.54) is 0 Å². The van der Waals surface area contributed by atoms with Gasteiger partial charge in [-0.2, -0.15) is 0 Å². The third kappa shape index (κ3) is 4.77.